The lowest BCUT2D eigenvalue weighted by molar-refractivity contribution is 1.17. The Hall–Kier alpha value is -12.8. The van der Waals surface area contributed by atoms with Gasteiger partial charge in [0.2, 0.25) is 0 Å². The molecule has 0 aliphatic rings. The van der Waals surface area contributed by atoms with Gasteiger partial charge in [-0.25, -0.2) is 0 Å². The van der Waals surface area contributed by atoms with Crippen molar-refractivity contribution in [1.29, 1.82) is 0 Å². The van der Waals surface area contributed by atoms with Gasteiger partial charge in [0.25, 0.3) is 0 Å². The number of benzene rings is 16. The van der Waals surface area contributed by atoms with Crippen molar-refractivity contribution >= 4 is 150 Å². The first kappa shape index (κ1) is 58.2. The van der Waals surface area contributed by atoms with Crippen LogP contribution in [0.3, 0.4) is 0 Å². The molecule has 6 heterocycles. The van der Waals surface area contributed by atoms with Crippen molar-refractivity contribution in [2.75, 3.05) is 0 Å². The van der Waals surface area contributed by atoms with E-state index in [1.54, 1.807) is 0 Å². The van der Waals surface area contributed by atoms with Gasteiger partial charge in [0, 0.05) is 106 Å². The molecule has 6 aromatic heterocycles. The summed E-state index contributed by atoms with van der Waals surface area (Å²) in [6.07, 6.45) is 0. The Morgan fingerprint density at radius 1 is 0.137 bits per heavy atom. The summed E-state index contributed by atoms with van der Waals surface area (Å²) in [6.45, 7) is 0. The largest absolute Gasteiger partial charge is 0.309 e. The van der Waals surface area contributed by atoms with Crippen LogP contribution in [0.4, 0.5) is 0 Å². The Bertz CT molecular complexity index is 7020. The van der Waals surface area contributed by atoms with Crippen LogP contribution in [0.15, 0.2) is 364 Å². The third-order valence-electron chi connectivity index (χ3n) is 21.0. The van der Waals surface area contributed by atoms with Crippen molar-refractivity contribution < 1.29 is 0 Å². The molecule has 102 heavy (non-hydrogen) atoms. The molecule has 0 N–H and O–H groups in total. The third-order valence-corrected chi connectivity index (χ3v) is 23.2. The van der Waals surface area contributed by atoms with Crippen molar-refractivity contribution in [2.45, 2.75) is 0 Å². The Labute approximate surface area is 595 Å². The van der Waals surface area contributed by atoms with E-state index in [-0.39, 0.29) is 0 Å². The summed E-state index contributed by atoms with van der Waals surface area (Å²) < 4.78 is 15.2. The van der Waals surface area contributed by atoms with Gasteiger partial charge in [-0.3, -0.25) is 0 Å². The summed E-state index contributed by atoms with van der Waals surface area (Å²) >= 11 is 3.77. The van der Waals surface area contributed by atoms with Gasteiger partial charge < -0.3 is 18.3 Å². The number of rotatable bonds is 8. The summed E-state index contributed by atoms with van der Waals surface area (Å²) in [5.41, 5.74) is 24.0. The second-order valence-electron chi connectivity index (χ2n) is 26.7. The number of thiophene rings is 2. The normalized spacial score (nSPS) is 11.9. The Morgan fingerprint density at radius 3 is 0.902 bits per heavy atom. The standard InChI is InChI=1S/2C48H30N2S/c1-4-14-31(15-5-1)33-24-34(32-16-6-2-7-17-32)26-36(25-33)50-43-22-12-10-20-37(43)39-27-40-41-29-48-42(38-21-11-13-23-47(38)51-48)28-44(41)49(46(40)30-45(39)50)35-18-8-3-9-19-35;1-3-12-31(13-4-1)32-22-24-33(25-23-32)34-14-11-17-36(26-34)50-43-20-9-7-18-37(43)39-27-40-41-29-48-42(38-19-8-10-21-47(38)51-48)28-44(41)49(46(40)30-45(39)50)35-15-5-2-6-16-35/h2*1-30H. The van der Waals surface area contributed by atoms with Crippen LogP contribution in [0.2, 0.25) is 0 Å². The van der Waals surface area contributed by atoms with Gasteiger partial charge in [-0.2, -0.15) is 0 Å². The number of nitrogens with zero attached hydrogens (tertiary/aromatic N) is 4. The molecule has 22 rings (SSSR count). The van der Waals surface area contributed by atoms with Crippen LogP contribution in [-0.4, -0.2) is 18.3 Å². The molecule has 0 radical (unpaired) electrons. The van der Waals surface area contributed by atoms with Crippen LogP contribution < -0.4 is 0 Å². The lowest BCUT2D eigenvalue weighted by Gasteiger charge is -2.14. The molecule has 0 saturated heterocycles. The highest BCUT2D eigenvalue weighted by Gasteiger charge is 2.24. The molecule has 476 valence electrons. The molecule has 16 aromatic carbocycles. The zero-order chi connectivity index (χ0) is 66.9. The maximum absolute atomic E-state index is 2.47. The predicted molar refractivity (Wildman–Crippen MR) is 438 cm³/mol. The quantitative estimate of drug-likeness (QED) is 0.144. The van der Waals surface area contributed by atoms with Crippen LogP contribution in [0.5, 0.6) is 0 Å². The molecule has 4 nitrogen and oxygen atoms in total. The summed E-state index contributed by atoms with van der Waals surface area (Å²) in [6, 6.07) is 133. The molecule has 22 aromatic rings. The number of hydrogen-bond acceptors (Lipinski definition) is 2. The van der Waals surface area contributed by atoms with E-state index in [2.05, 4.69) is 382 Å². The minimum Gasteiger partial charge on any atom is -0.309 e. The Morgan fingerprint density at radius 2 is 0.441 bits per heavy atom. The maximum Gasteiger partial charge on any atom is 0.0562 e. The van der Waals surface area contributed by atoms with E-state index in [1.807, 2.05) is 22.7 Å². The van der Waals surface area contributed by atoms with Gasteiger partial charge >= 0.3 is 0 Å². The molecule has 0 aliphatic heterocycles. The summed E-state index contributed by atoms with van der Waals surface area (Å²) in [5.74, 6) is 0. The smallest absolute Gasteiger partial charge is 0.0562 e. The van der Waals surface area contributed by atoms with Gasteiger partial charge in [-0.15, -0.1) is 22.7 Å². The lowest BCUT2D eigenvalue weighted by atomic mass is 9.98. The van der Waals surface area contributed by atoms with Crippen molar-refractivity contribution in [3.05, 3.63) is 364 Å². The fraction of sp³-hybridized carbons (Fsp3) is 0. The minimum atomic E-state index is 1.15. The average Bonchev–Trinajstić information content (AvgIpc) is 1.55. The molecule has 0 atom stereocenters. The van der Waals surface area contributed by atoms with E-state index in [9.17, 15) is 0 Å². The van der Waals surface area contributed by atoms with Crippen LogP contribution in [0, 0.1) is 0 Å². The van der Waals surface area contributed by atoms with Crippen molar-refractivity contribution in [3.8, 4) is 67.3 Å². The first-order valence-corrected chi connectivity index (χ1v) is 36.5. The zero-order valence-corrected chi connectivity index (χ0v) is 56.9. The molecular weight excluding hydrogens is 1270 g/mol. The lowest BCUT2D eigenvalue weighted by Crippen LogP contribution is -1.97. The SMILES string of the molecule is c1ccc(-c2cc(-c3ccccc3)cc(-n3c4ccccc4c4cc5c6cc7sc8ccccc8c7cc6n(-c6ccccc6)c5cc43)c2)cc1.c1ccc(-c2ccc(-c3cccc(-n4c5ccccc5c5cc6c7cc8sc9ccccc9c8cc7n(-c7ccccc7)c6cc54)c3)cc2)cc1. The first-order chi connectivity index (χ1) is 50.6. The van der Waals surface area contributed by atoms with Gasteiger partial charge in [0.1, 0.15) is 0 Å². The molecule has 0 unspecified atom stereocenters. The molecule has 0 fully saturated rings. The number of para-hydroxylation sites is 4. The Balaban J connectivity index is 0.000000133. The molecule has 0 spiro atoms. The highest BCUT2D eigenvalue weighted by molar-refractivity contribution is 7.26. The topological polar surface area (TPSA) is 19.7 Å². The van der Waals surface area contributed by atoms with E-state index < -0.39 is 0 Å². The molecule has 6 heteroatoms. The minimum absolute atomic E-state index is 1.15. The highest BCUT2D eigenvalue weighted by Crippen LogP contribution is 2.47. The van der Waals surface area contributed by atoms with Crippen molar-refractivity contribution in [3.63, 3.8) is 0 Å². The van der Waals surface area contributed by atoms with Crippen molar-refractivity contribution in [1.82, 2.24) is 18.3 Å². The van der Waals surface area contributed by atoms with Crippen LogP contribution in [0.1, 0.15) is 0 Å². The van der Waals surface area contributed by atoms with Crippen molar-refractivity contribution in [2.24, 2.45) is 0 Å². The summed E-state index contributed by atoms with van der Waals surface area (Å²) in [4.78, 5) is 0. The molecule has 0 aliphatic carbocycles. The second-order valence-corrected chi connectivity index (χ2v) is 28.9. The van der Waals surface area contributed by atoms with Gasteiger partial charge in [0.05, 0.1) is 44.1 Å². The maximum atomic E-state index is 2.47. The van der Waals surface area contributed by atoms with Gasteiger partial charge in [-0.05, 0) is 172 Å². The number of aromatic nitrogens is 4. The Kier molecular flexibility index (Phi) is 13.3. The fourth-order valence-corrected chi connectivity index (χ4v) is 18.6. The highest BCUT2D eigenvalue weighted by atomic mass is 32.1. The van der Waals surface area contributed by atoms with Crippen LogP contribution in [0.25, 0.3) is 195 Å². The van der Waals surface area contributed by atoms with Gasteiger partial charge in [0.15, 0.2) is 0 Å². The van der Waals surface area contributed by atoms with E-state index in [1.165, 1.54) is 178 Å². The second kappa shape index (κ2) is 23.4. The molecular formula is C96H60N4S2. The number of fused-ring (bicyclic) bond motifs is 18. The van der Waals surface area contributed by atoms with Gasteiger partial charge in [-0.1, -0.05) is 237 Å². The number of hydrogen-bond donors (Lipinski definition) is 0. The fourth-order valence-electron chi connectivity index (χ4n) is 16.3. The summed E-state index contributed by atoms with van der Waals surface area (Å²) in [7, 11) is 0. The zero-order valence-electron chi connectivity index (χ0n) is 55.2. The monoisotopic (exact) mass is 1330 g/mol. The third kappa shape index (κ3) is 9.34. The first-order valence-electron chi connectivity index (χ1n) is 34.9. The molecule has 0 bridgehead atoms. The summed E-state index contributed by atoms with van der Waals surface area (Å²) in [5, 5.41) is 15.4. The average molecular weight is 1330 g/mol. The van der Waals surface area contributed by atoms with E-state index in [4.69, 9.17) is 0 Å². The van der Waals surface area contributed by atoms with E-state index in [0.29, 0.717) is 0 Å². The van der Waals surface area contributed by atoms with Crippen LogP contribution >= 0.6 is 22.7 Å². The molecule has 0 amide bonds. The van der Waals surface area contributed by atoms with E-state index >= 15 is 0 Å². The van der Waals surface area contributed by atoms with E-state index in [0.717, 1.165) is 17.1 Å². The molecule has 0 saturated carbocycles. The predicted octanol–water partition coefficient (Wildman–Crippen LogP) is 27.2. The van der Waals surface area contributed by atoms with Crippen LogP contribution in [-0.2, 0) is 0 Å².